The lowest BCUT2D eigenvalue weighted by Gasteiger charge is -2.35. The Bertz CT molecular complexity index is 1700. The van der Waals surface area contributed by atoms with Crippen LogP contribution in [0, 0.1) is 0 Å². The maximum absolute atomic E-state index is 13.9. The van der Waals surface area contributed by atoms with E-state index in [9.17, 15) is 18.3 Å². The summed E-state index contributed by atoms with van der Waals surface area (Å²) in [5.74, 6) is 0.527. The summed E-state index contributed by atoms with van der Waals surface area (Å²) in [6.45, 7) is -0.401. The predicted molar refractivity (Wildman–Crippen MR) is 179 cm³/mol. The minimum atomic E-state index is -3.90. The molecule has 1 aliphatic heterocycles. The van der Waals surface area contributed by atoms with Crippen LogP contribution in [-0.2, 0) is 30.7 Å². The third-order valence-corrected chi connectivity index (χ3v) is 11.6. The Morgan fingerprint density at radius 2 is 1.70 bits per heavy atom. The van der Waals surface area contributed by atoms with Crippen molar-refractivity contribution in [2.75, 3.05) is 40.5 Å². The lowest BCUT2D eigenvalue weighted by Crippen LogP contribution is -2.41. The second kappa shape index (κ2) is 14.6. The number of amides is 1. The molecule has 1 fully saturated rings. The molecule has 0 saturated heterocycles. The fraction of sp³-hybridized carbons (Fsp3) is 0.432. The summed E-state index contributed by atoms with van der Waals surface area (Å²) in [6, 6.07) is 21.1. The molecule has 250 valence electrons. The maximum atomic E-state index is 13.9. The van der Waals surface area contributed by atoms with Crippen molar-refractivity contribution in [3.8, 4) is 16.9 Å². The van der Waals surface area contributed by atoms with Crippen LogP contribution in [0.4, 0.5) is 0 Å². The molecule has 10 heteroatoms. The van der Waals surface area contributed by atoms with Crippen molar-refractivity contribution in [3.63, 3.8) is 0 Å². The molecule has 3 aliphatic rings. The van der Waals surface area contributed by atoms with Gasteiger partial charge in [-0.1, -0.05) is 61.7 Å². The van der Waals surface area contributed by atoms with Crippen LogP contribution >= 0.6 is 0 Å². The minimum Gasteiger partial charge on any atom is -0.497 e. The van der Waals surface area contributed by atoms with Gasteiger partial charge in [0.2, 0.25) is 16.3 Å². The van der Waals surface area contributed by atoms with Crippen LogP contribution in [0.5, 0.6) is 5.75 Å². The molecule has 0 aromatic heterocycles. The lowest BCUT2D eigenvalue weighted by molar-refractivity contribution is -0.153. The number of nitrogens with zero attached hydrogens (tertiary/aromatic N) is 2. The van der Waals surface area contributed by atoms with E-state index in [4.69, 9.17) is 14.2 Å². The first-order valence-electron chi connectivity index (χ1n) is 16.5. The predicted octanol–water partition coefficient (Wildman–Crippen LogP) is 5.47. The fourth-order valence-electron chi connectivity index (χ4n) is 7.11. The van der Waals surface area contributed by atoms with Crippen LogP contribution in [-0.4, -0.2) is 81.4 Å². The third kappa shape index (κ3) is 7.11. The first-order valence-corrected chi connectivity index (χ1v) is 18.0. The normalized spacial score (nSPS) is 19.4. The van der Waals surface area contributed by atoms with Crippen molar-refractivity contribution < 1.29 is 32.5 Å². The summed E-state index contributed by atoms with van der Waals surface area (Å²) >= 11 is 0. The molecular formula is C37H44N2O7S. The van der Waals surface area contributed by atoms with Gasteiger partial charge in [-0.15, -0.1) is 0 Å². The monoisotopic (exact) mass is 660 g/mol. The summed E-state index contributed by atoms with van der Waals surface area (Å²) in [6.07, 6.45) is 7.85. The van der Waals surface area contributed by atoms with Gasteiger partial charge in [-0.2, -0.15) is 4.31 Å². The number of likely N-dealkylation sites (N-methyl/N-ethyl adjacent to an activating group) is 1. The Kier molecular flexibility index (Phi) is 10.3. The quantitative estimate of drug-likeness (QED) is 0.215. The second-order valence-electron chi connectivity index (χ2n) is 12.5. The van der Waals surface area contributed by atoms with Crippen LogP contribution in [0.3, 0.4) is 0 Å². The van der Waals surface area contributed by atoms with Crippen LogP contribution in [0.1, 0.15) is 61.1 Å². The third-order valence-electron chi connectivity index (χ3n) is 9.69. The van der Waals surface area contributed by atoms with Crippen LogP contribution in [0.25, 0.3) is 11.1 Å². The summed E-state index contributed by atoms with van der Waals surface area (Å²) in [4.78, 5) is 15.8. The zero-order chi connectivity index (χ0) is 33.0. The summed E-state index contributed by atoms with van der Waals surface area (Å²) in [5.41, 5.74) is 6.14. The summed E-state index contributed by atoms with van der Waals surface area (Å²) in [5, 5.41) is 9.69. The Morgan fingerprint density at radius 1 is 0.957 bits per heavy atom. The van der Waals surface area contributed by atoms with E-state index in [-0.39, 0.29) is 54.8 Å². The molecule has 9 nitrogen and oxygen atoms in total. The highest BCUT2D eigenvalue weighted by atomic mass is 32.2. The number of allylic oxidation sites excluding steroid dienone is 1. The molecule has 1 N–H and O–H groups in total. The fourth-order valence-corrected chi connectivity index (χ4v) is 8.53. The molecule has 2 aliphatic carbocycles. The van der Waals surface area contributed by atoms with Gasteiger partial charge in [0.25, 0.3) is 5.91 Å². The highest BCUT2D eigenvalue weighted by Gasteiger charge is 2.35. The first kappa shape index (κ1) is 33.2. The largest absolute Gasteiger partial charge is 0.497 e. The van der Waals surface area contributed by atoms with Crippen molar-refractivity contribution in [3.05, 3.63) is 95.3 Å². The topological polar surface area (TPSA) is 106 Å². The van der Waals surface area contributed by atoms with Gasteiger partial charge in [0.1, 0.15) is 5.75 Å². The van der Waals surface area contributed by atoms with Gasteiger partial charge in [0.15, 0.2) is 5.76 Å². The van der Waals surface area contributed by atoms with E-state index in [2.05, 4.69) is 42.5 Å². The first-order chi connectivity index (χ1) is 22.8. The van der Waals surface area contributed by atoms with Crippen molar-refractivity contribution in [1.82, 2.24) is 9.21 Å². The van der Waals surface area contributed by atoms with Gasteiger partial charge in [-0.05, 0) is 77.4 Å². The number of rotatable bonds is 12. The van der Waals surface area contributed by atoms with E-state index in [0.29, 0.717) is 12.2 Å². The molecule has 6 rings (SSSR count). The van der Waals surface area contributed by atoms with Gasteiger partial charge < -0.3 is 24.2 Å². The summed E-state index contributed by atoms with van der Waals surface area (Å²) < 4.78 is 45.7. The Hall–Kier alpha value is -3.70. The zero-order valence-corrected chi connectivity index (χ0v) is 28.0. The minimum absolute atomic E-state index is 0.00443. The average Bonchev–Trinajstić information content (AvgIpc) is 3.50. The highest BCUT2D eigenvalue weighted by Crippen LogP contribution is 2.43. The number of sulfonamides is 1. The molecule has 0 bridgehead atoms. The van der Waals surface area contributed by atoms with Gasteiger partial charge in [-0.25, -0.2) is 8.42 Å². The van der Waals surface area contributed by atoms with E-state index in [0.717, 1.165) is 37.7 Å². The van der Waals surface area contributed by atoms with Gasteiger partial charge in [0, 0.05) is 38.5 Å². The van der Waals surface area contributed by atoms with E-state index in [1.54, 1.807) is 12.1 Å². The number of fused-ring (bicyclic) bond motifs is 3. The van der Waals surface area contributed by atoms with E-state index >= 15 is 0 Å². The van der Waals surface area contributed by atoms with E-state index < -0.39 is 16.3 Å². The average molecular weight is 661 g/mol. The number of carbonyl (C=O) groups is 1. The van der Waals surface area contributed by atoms with E-state index in [1.165, 1.54) is 52.2 Å². The number of carbonyl (C=O) groups excluding carboxylic acids is 1. The maximum Gasteiger partial charge on any atom is 0.288 e. The van der Waals surface area contributed by atoms with Crippen LogP contribution in [0.2, 0.25) is 0 Å². The molecule has 3 aromatic carbocycles. The number of hydrogen-bond acceptors (Lipinski definition) is 7. The molecule has 2 atom stereocenters. The lowest BCUT2D eigenvalue weighted by atomic mass is 9.87. The number of ether oxygens (including phenoxy) is 3. The highest BCUT2D eigenvalue weighted by molar-refractivity contribution is 7.89. The van der Waals surface area contributed by atoms with Gasteiger partial charge in [0.05, 0.1) is 25.2 Å². The molecule has 0 unspecified atom stereocenters. The molecule has 1 saturated carbocycles. The van der Waals surface area contributed by atoms with Crippen LogP contribution < -0.4 is 4.74 Å². The Balaban J connectivity index is 1.22. The second-order valence-corrected chi connectivity index (χ2v) is 14.4. The van der Waals surface area contributed by atoms with Crippen molar-refractivity contribution in [2.24, 2.45) is 0 Å². The molecule has 0 radical (unpaired) electrons. The van der Waals surface area contributed by atoms with Gasteiger partial charge >= 0.3 is 0 Å². The molecule has 0 spiro atoms. The van der Waals surface area contributed by atoms with Crippen LogP contribution in [0.15, 0.2) is 83.5 Å². The van der Waals surface area contributed by atoms with Gasteiger partial charge in [-0.3, -0.25) is 4.79 Å². The SMILES string of the molecule is COc1ccc(S(=O)(=O)N(CCO)CCO[C@H]2C[C@@H](c3cccc4c3Cc3ccccc3-4)C=C(C(=O)N(C)C3CCCCC3)O2)cc1. The van der Waals surface area contributed by atoms with Crippen molar-refractivity contribution in [1.29, 1.82) is 0 Å². The smallest absolute Gasteiger partial charge is 0.288 e. The molecule has 3 aromatic rings. The number of methoxy groups -OCH3 is 1. The number of benzene rings is 3. The zero-order valence-electron chi connectivity index (χ0n) is 27.1. The molecule has 47 heavy (non-hydrogen) atoms. The summed E-state index contributed by atoms with van der Waals surface area (Å²) in [7, 11) is -0.527. The van der Waals surface area contributed by atoms with E-state index in [1.807, 2.05) is 18.0 Å². The number of aliphatic hydroxyl groups excluding tert-OH is 1. The molecule has 1 heterocycles. The Labute approximate surface area is 277 Å². The number of hydrogen-bond donors (Lipinski definition) is 1. The molecule has 1 amide bonds. The number of aliphatic hydroxyl groups is 1. The standard InChI is InChI=1S/C37H44N2O7S/c1-38(28-10-4-3-5-11-28)37(41)35-24-27(32-13-8-14-33-31-12-7-6-9-26(31)23-34(32)33)25-36(46-35)45-22-20-39(19-21-40)47(42,43)30-17-15-29(44-2)16-18-30/h6-9,12-18,24,27-28,36,40H,3-5,10-11,19-23,25H2,1-2H3/t27-,36+/m0/s1. The Morgan fingerprint density at radius 3 is 2.45 bits per heavy atom. The molecular weight excluding hydrogens is 616 g/mol. The van der Waals surface area contributed by atoms with Crippen molar-refractivity contribution in [2.45, 2.75) is 68.1 Å². The van der Waals surface area contributed by atoms with Crippen molar-refractivity contribution >= 4 is 15.9 Å².